The van der Waals surface area contributed by atoms with Gasteiger partial charge in [-0.25, -0.2) is 9.37 Å². The molecule has 1 fully saturated rings. The first-order valence-corrected chi connectivity index (χ1v) is 5.79. The van der Waals surface area contributed by atoms with Gasteiger partial charge in [-0.15, -0.1) is 6.42 Å². The molecule has 1 aliphatic heterocycles. The summed E-state index contributed by atoms with van der Waals surface area (Å²) in [6.07, 6.45) is 1.82. The van der Waals surface area contributed by atoms with Crippen molar-refractivity contribution in [3.63, 3.8) is 0 Å². The minimum atomic E-state index is -1.85. The molecule has 0 aliphatic carbocycles. The van der Waals surface area contributed by atoms with Crippen LogP contribution in [0, 0.1) is 17.1 Å². The van der Waals surface area contributed by atoms with E-state index >= 15 is 0 Å². The first-order chi connectivity index (χ1) is 8.95. The predicted molar refractivity (Wildman–Crippen MR) is 67.1 cm³/mol. The Morgan fingerprint density at radius 1 is 1.74 bits per heavy atom. The van der Waals surface area contributed by atoms with Crippen molar-refractivity contribution in [2.45, 2.75) is 24.1 Å². The molecule has 1 aliphatic rings. The Morgan fingerprint density at radius 3 is 2.89 bits per heavy atom. The van der Waals surface area contributed by atoms with E-state index in [1.165, 1.54) is 16.8 Å². The molecule has 1 aromatic rings. The van der Waals surface area contributed by atoms with E-state index in [0.717, 1.165) is 0 Å². The highest BCUT2D eigenvalue weighted by Crippen LogP contribution is 2.38. The van der Waals surface area contributed by atoms with Crippen LogP contribution in [-0.2, 0) is 4.74 Å². The number of rotatable bonds is 2. The van der Waals surface area contributed by atoms with Crippen LogP contribution in [0.5, 0.6) is 0 Å². The molecule has 4 N–H and O–H groups in total. The molecule has 0 radical (unpaired) electrons. The lowest BCUT2D eigenvalue weighted by Crippen LogP contribution is -2.44. The van der Waals surface area contributed by atoms with E-state index in [2.05, 4.69) is 10.9 Å². The SMILES string of the molecule is C#C[C@]1(CO)O[C@@H](n2ccc(N)nc2=S)[C@@H](F)C1O. The zero-order chi connectivity index (χ0) is 14.2. The van der Waals surface area contributed by atoms with Crippen molar-refractivity contribution in [1.29, 1.82) is 0 Å². The van der Waals surface area contributed by atoms with E-state index in [1.807, 2.05) is 0 Å². The molecule has 0 amide bonds. The van der Waals surface area contributed by atoms with Crippen LogP contribution in [0.15, 0.2) is 12.3 Å². The van der Waals surface area contributed by atoms with Gasteiger partial charge in [0.15, 0.2) is 18.0 Å². The van der Waals surface area contributed by atoms with E-state index < -0.39 is 30.7 Å². The summed E-state index contributed by atoms with van der Waals surface area (Å²) in [6, 6.07) is 1.41. The Labute approximate surface area is 113 Å². The number of hydrogen-bond donors (Lipinski definition) is 3. The summed E-state index contributed by atoms with van der Waals surface area (Å²) in [5.41, 5.74) is 3.65. The van der Waals surface area contributed by atoms with Gasteiger partial charge in [0.2, 0.25) is 4.77 Å². The van der Waals surface area contributed by atoms with Crippen molar-refractivity contribution in [3.05, 3.63) is 17.0 Å². The van der Waals surface area contributed by atoms with Crippen LogP contribution < -0.4 is 5.73 Å². The van der Waals surface area contributed by atoms with Crippen molar-refractivity contribution >= 4 is 18.0 Å². The minimum Gasteiger partial charge on any atom is -0.392 e. The molecule has 2 heterocycles. The summed E-state index contributed by atoms with van der Waals surface area (Å²) in [5.74, 6) is 2.26. The summed E-state index contributed by atoms with van der Waals surface area (Å²) in [7, 11) is 0. The van der Waals surface area contributed by atoms with Crippen LogP contribution in [0.2, 0.25) is 0 Å². The van der Waals surface area contributed by atoms with Gasteiger partial charge in [0, 0.05) is 6.20 Å². The second-order valence-corrected chi connectivity index (χ2v) is 4.50. The summed E-state index contributed by atoms with van der Waals surface area (Å²) in [4.78, 5) is 3.79. The fraction of sp³-hybridized carbons (Fsp3) is 0.455. The first-order valence-electron chi connectivity index (χ1n) is 5.38. The Kier molecular flexibility index (Phi) is 3.56. The molecule has 102 valence electrons. The molecule has 1 saturated heterocycles. The minimum absolute atomic E-state index is 0.00869. The highest BCUT2D eigenvalue weighted by Gasteiger charge is 2.55. The molecule has 4 atom stereocenters. The molecule has 8 heteroatoms. The maximum absolute atomic E-state index is 14.1. The average molecular weight is 285 g/mol. The highest BCUT2D eigenvalue weighted by molar-refractivity contribution is 7.71. The van der Waals surface area contributed by atoms with Crippen LogP contribution in [-0.4, -0.2) is 44.2 Å². The number of ether oxygens (including phenoxy) is 1. The fourth-order valence-corrected chi connectivity index (χ4v) is 2.16. The zero-order valence-electron chi connectivity index (χ0n) is 9.73. The summed E-state index contributed by atoms with van der Waals surface area (Å²) < 4.78 is 20.6. The number of aromatic nitrogens is 2. The van der Waals surface area contributed by atoms with Gasteiger partial charge in [0.25, 0.3) is 0 Å². The summed E-state index contributed by atoms with van der Waals surface area (Å²) in [6.45, 7) is -0.711. The van der Waals surface area contributed by atoms with Crippen LogP contribution in [0.3, 0.4) is 0 Å². The van der Waals surface area contributed by atoms with Gasteiger partial charge in [-0.05, 0) is 18.3 Å². The number of aliphatic hydroxyl groups is 2. The van der Waals surface area contributed by atoms with E-state index in [9.17, 15) is 14.6 Å². The number of anilines is 1. The monoisotopic (exact) mass is 285 g/mol. The fourth-order valence-electron chi connectivity index (χ4n) is 1.89. The average Bonchev–Trinajstić information content (AvgIpc) is 2.64. The maximum atomic E-state index is 14.1. The van der Waals surface area contributed by atoms with Crippen LogP contribution in [0.4, 0.5) is 10.2 Å². The maximum Gasteiger partial charge on any atom is 0.203 e. The third kappa shape index (κ3) is 2.11. The largest absolute Gasteiger partial charge is 0.392 e. The summed E-state index contributed by atoms with van der Waals surface area (Å²) in [5, 5.41) is 19.0. The molecular formula is C11H12FN3O3S. The second-order valence-electron chi connectivity index (χ2n) is 4.13. The molecule has 0 saturated carbocycles. The molecule has 2 rings (SSSR count). The molecule has 1 aromatic heterocycles. The highest BCUT2D eigenvalue weighted by atomic mass is 32.1. The number of alkyl halides is 1. The molecule has 19 heavy (non-hydrogen) atoms. The van der Waals surface area contributed by atoms with Gasteiger partial charge in [0.05, 0.1) is 6.61 Å². The predicted octanol–water partition coefficient (Wildman–Crippen LogP) is -0.213. The standard InChI is InChI=1S/C11H12FN3O3S/c1-2-11(5-16)8(17)7(12)9(18-11)15-4-3-6(13)14-10(15)19/h1,3-4,7-9,16-17H,5H2,(H2,13,14,19)/t7-,8?,9+,11+/m0/s1. The Bertz CT molecular complexity index is 587. The van der Waals surface area contributed by atoms with Gasteiger partial charge in [0.1, 0.15) is 11.9 Å². The number of hydrogen-bond acceptors (Lipinski definition) is 6. The van der Waals surface area contributed by atoms with E-state index in [4.69, 9.17) is 29.1 Å². The van der Waals surface area contributed by atoms with Crippen LogP contribution in [0.1, 0.15) is 6.23 Å². The van der Waals surface area contributed by atoms with Crippen molar-refractivity contribution < 1.29 is 19.3 Å². The lowest BCUT2D eigenvalue weighted by Gasteiger charge is -2.23. The van der Waals surface area contributed by atoms with Gasteiger partial charge in [-0.2, -0.15) is 0 Å². The van der Waals surface area contributed by atoms with Crippen molar-refractivity contribution in [3.8, 4) is 12.3 Å². The van der Waals surface area contributed by atoms with E-state index in [0.29, 0.717) is 0 Å². The second kappa shape index (κ2) is 4.86. The Hall–Kier alpha value is -1.53. The molecular weight excluding hydrogens is 273 g/mol. The van der Waals surface area contributed by atoms with Crippen LogP contribution >= 0.6 is 12.2 Å². The molecule has 0 aromatic carbocycles. The Balaban J connectivity index is 2.43. The van der Waals surface area contributed by atoms with Crippen molar-refractivity contribution in [1.82, 2.24) is 9.55 Å². The Morgan fingerprint density at radius 2 is 2.42 bits per heavy atom. The number of nitrogen functional groups attached to an aromatic ring is 1. The first kappa shape index (κ1) is 13.9. The van der Waals surface area contributed by atoms with Gasteiger partial charge in [-0.1, -0.05) is 5.92 Å². The third-order valence-electron chi connectivity index (χ3n) is 2.99. The molecule has 1 unspecified atom stereocenters. The quantitative estimate of drug-likeness (QED) is 0.514. The van der Waals surface area contributed by atoms with E-state index in [1.54, 1.807) is 0 Å². The number of nitrogens with zero attached hydrogens (tertiary/aromatic N) is 2. The number of halogens is 1. The topological polar surface area (TPSA) is 93.5 Å². The number of aliphatic hydroxyl groups excluding tert-OH is 2. The van der Waals surface area contributed by atoms with Gasteiger partial charge >= 0.3 is 0 Å². The van der Waals surface area contributed by atoms with E-state index in [-0.39, 0.29) is 10.6 Å². The van der Waals surface area contributed by atoms with Crippen molar-refractivity contribution in [2.24, 2.45) is 0 Å². The zero-order valence-corrected chi connectivity index (χ0v) is 10.5. The number of terminal acetylenes is 1. The lowest BCUT2D eigenvalue weighted by atomic mass is 9.98. The normalized spacial score (nSPS) is 34.1. The summed E-state index contributed by atoms with van der Waals surface area (Å²) >= 11 is 4.94. The third-order valence-corrected chi connectivity index (χ3v) is 3.29. The van der Waals surface area contributed by atoms with Gasteiger partial charge < -0.3 is 20.7 Å². The molecule has 0 bridgehead atoms. The van der Waals surface area contributed by atoms with Gasteiger partial charge in [-0.3, -0.25) is 4.57 Å². The smallest absolute Gasteiger partial charge is 0.203 e. The molecule has 0 spiro atoms. The van der Waals surface area contributed by atoms with Crippen molar-refractivity contribution in [2.75, 3.05) is 12.3 Å². The van der Waals surface area contributed by atoms with Crippen LogP contribution in [0.25, 0.3) is 0 Å². The molecule has 6 nitrogen and oxygen atoms in total. The lowest BCUT2D eigenvalue weighted by molar-refractivity contribution is -0.0917. The number of nitrogens with two attached hydrogens (primary N) is 1.